The molecule has 10 aromatic rings. The number of para-hydroxylation sites is 2. The topological polar surface area (TPSA) is 22.2 Å². The van der Waals surface area contributed by atoms with Crippen molar-refractivity contribution in [1.29, 1.82) is 0 Å². The van der Waals surface area contributed by atoms with Gasteiger partial charge in [0, 0.05) is 39.2 Å². The minimum Gasteiger partial charge on any atom is -0.309 e. The monoisotopic (exact) mass is 703 g/mol. The summed E-state index contributed by atoms with van der Waals surface area (Å²) in [6.45, 7) is 4.75. The maximum absolute atomic E-state index is 5.04. The maximum Gasteiger partial charge on any atom is 0.137 e. The molecule has 11 rings (SSSR count). The Morgan fingerprint density at radius 3 is 1.75 bits per heavy atom. The van der Waals surface area contributed by atoms with E-state index >= 15 is 0 Å². The summed E-state index contributed by atoms with van der Waals surface area (Å²) in [6, 6.07) is 66.1. The van der Waals surface area contributed by atoms with Crippen molar-refractivity contribution in [3.8, 4) is 61.6 Å². The first-order valence-corrected chi connectivity index (χ1v) is 19.0. The highest BCUT2D eigenvalue weighted by atomic mass is 15.0. The molecule has 1 aliphatic carbocycles. The average molecular weight is 704 g/mol. The Bertz CT molecular complexity index is 3090. The van der Waals surface area contributed by atoms with Gasteiger partial charge in [-0.25, -0.2) is 4.98 Å². The van der Waals surface area contributed by atoms with E-state index in [1.807, 2.05) is 6.07 Å². The molecule has 0 N–H and O–H groups in total. The second-order valence-corrected chi connectivity index (χ2v) is 15.2. The third-order valence-electron chi connectivity index (χ3n) is 11.8. The van der Waals surface area contributed by atoms with Crippen molar-refractivity contribution in [2.24, 2.45) is 0 Å². The average Bonchev–Trinajstić information content (AvgIpc) is 3.87. The highest BCUT2D eigenvalue weighted by molar-refractivity contribution is 6.10. The van der Waals surface area contributed by atoms with Crippen LogP contribution in [0.25, 0.3) is 89.0 Å². The van der Waals surface area contributed by atoms with Crippen LogP contribution in [0, 0.1) is 0 Å². The van der Waals surface area contributed by atoms with Crippen LogP contribution in [0.5, 0.6) is 0 Å². The second kappa shape index (κ2) is 12.0. The van der Waals surface area contributed by atoms with Gasteiger partial charge in [0.05, 0.1) is 22.4 Å². The van der Waals surface area contributed by atoms with Crippen molar-refractivity contribution < 1.29 is 0 Å². The number of nitrogens with zero attached hydrogens (tertiary/aromatic N) is 3. The Hall–Kier alpha value is -6.97. The molecule has 0 spiro atoms. The summed E-state index contributed by atoms with van der Waals surface area (Å²) >= 11 is 0. The number of pyridine rings is 1. The lowest BCUT2D eigenvalue weighted by atomic mass is 9.80. The fraction of sp³-hybridized carbons (Fsp3) is 0.0577. The molecule has 0 bridgehead atoms. The maximum atomic E-state index is 5.04. The Morgan fingerprint density at radius 2 is 1.00 bits per heavy atom. The molecule has 0 unspecified atom stereocenters. The molecule has 7 aromatic carbocycles. The standard InChI is InChI=1S/C52H37N3/c1-52(2)45-32-38(34-20-22-36(23-21-34)51-50(35-13-5-3-6-14-35)53-49-19-11-12-30-54(49)51)24-27-41(45)42-28-25-39(33-46(42)52)37-26-29-48-44(31-37)43-17-9-10-18-47(43)55(48)40-15-7-4-8-16-40/h3-33H,1-2H3. The van der Waals surface area contributed by atoms with Gasteiger partial charge in [0.1, 0.15) is 5.65 Å². The summed E-state index contributed by atoms with van der Waals surface area (Å²) in [4.78, 5) is 5.04. The van der Waals surface area contributed by atoms with E-state index in [9.17, 15) is 0 Å². The molecule has 3 nitrogen and oxygen atoms in total. The van der Waals surface area contributed by atoms with Crippen LogP contribution < -0.4 is 0 Å². The molecule has 0 amide bonds. The third kappa shape index (κ3) is 4.86. The molecule has 1 aliphatic rings. The summed E-state index contributed by atoms with van der Waals surface area (Å²) in [5, 5.41) is 2.54. The van der Waals surface area contributed by atoms with Gasteiger partial charge in [-0.1, -0.05) is 141 Å². The molecular formula is C52H37N3. The SMILES string of the molecule is CC1(C)c2cc(-c3ccc(-c4c(-c5ccccc5)nc5ccccn45)cc3)ccc2-c2ccc(-c3ccc4c(c3)c3ccccc3n4-c3ccccc3)cc21. The second-order valence-electron chi connectivity index (χ2n) is 15.2. The summed E-state index contributed by atoms with van der Waals surface area (Å²) in [5.74, 6) is 0. The zero-order valence-corrected chi connectivity index (χ0v) is 30.7. The molecule has 55 heavy (non-hydrogen) atoms. The van der Waals surface area contributed by atoms with Crippen LogP contribution in [0.2, 0.25) is 0 Å². The van der Waals surface area contributed by atoms with Crippen molar-refractivity contribution >= 4 is 27.5 Å². The van der Waals surface area contributed by atoms with Crippen LogP contribution in [-0.2, 0) is 5.41 Å². The summed E-state index contributed by atoms with van der Waals surface area (Å²) in [6.07, 6.45) is 2.10. The predicted octanol–water partition coefficient (Wildman–Crippen LogP) is 13.4. The van der Waals surface area contributed by atoms with Crippen LogP contribution >= 0.6 is 0 Å². The van der Waals surface area contributed by atoms with Crippen molar-refractivity contribution in [1.82, 2.24) is 14.0 Å². The first kappa shape index (κ1) is 31.5. The fourth-order valence-corrected chi connectivity index (χ4v) is 8.99. The normalized spacial score (nSPS) is 13.1. The molecule has 3 heteroatoms. The number of rotatable bonds is 5. The minimum atomic E-state index is -0.148. The van der Waals surface area contributed by atoms with Crippen molar-refractivity contribution in [3.05, 3.63) is 199 Å². The number of benzene rings is 7. The van der Waals surface area contributed by atoms with Crippen LogP contribution in [0.3, 0.4) is 0 Å². The summed E-state index contributed by atoms with van der Waals surface area (Å²) in [7, 11) is 0. The van der Waals surface area contributed by atoms with E-state index in [1.54, 1.807) is 0 Å². The molecule has 0 aliphatic heterocycles. The molecule has 3 heterocycles. The highest BCUT2D eigenvalue weighted by Crippen LogP contribution is 2.51. The van der Waals surface area contributed by atoms with Gasteiger partial charge in [0.25, 0.3) is 0 Å². The predicted molar refractivity (Wildman–Crippen MR) is 229 cm³/mol. The van der Waals surface area contributed by atoms with E-state index < -0.39 is 0 Å². The number of hydrogen-bond donors (Lipinski definition) is 0. The summed E-state index contributed by atoms with van der Waals surface area (Å²) < 4.78 is 4.57. The van der Waals surface area contributed by atoms with Crippen molar-refractivity contribution in [2.75, 3.05) is 0 Å². The Morgan fingerprint density at radius 1 is 0.436 bits per heavy atom. The highest BCUT2D eigenvalue weighted by Gasteiger charge is 2.36. The molecule has 260 valence electrons. The zero-order valence-electron chi connectivity index (χ0n) is 30.7. The van der Waals surface area contributed by atoms with Crippen LogP contribution in [0.15, 0.2) is 188 Å². The molecule has 0 radical (unpaired) electrons. The van der Waals surface area contributed by atoms with Crippen molar-refractivity contribution in [3.63, 3.8) is 0 Å². The van der Waals surface area contributed by atoms with Crippen molar-refractivity contribution in [2.45, 2.75) is 19.3 Å². The van der Waals surface area contributed by atoms with Gasteiger partial charge in [0.15, 0.2) is 0 Å². The first-order valence-electron chi connectivity index (χ1n) is 19.0. The lowest BCUT2D eigenvalue weighted by Crippen LogP contribution is -2.15. The van der Waals surface area contributed by atoms with Crippen LogP contribution in [-0.4, -0.2) is 14.0 Å². The molecule has 0 atom stereocenters. The molecule has 0 saturated heterocycles. The molecule has 3 aromatic heterocycles. The lowest BCUT2D eigenvalue weighted by Gasteiger charge is -2.22. The van der Waals surface area contributed by atoms with E-state index in [0.29, 0.717) is 0 Å². The van der Waals surface area contributed by atoms with E-state index in [4.69, 9.17) is 4.98 Å². The third-order valence-corrected chi connectivity index (χ3v) is 11.8. The Labute approximate surface area is 320 Å². The van der Waals surface area contributed by atoms with Gasteiger partial charge in [-0.05, 0) is 99.1 Å². The van der Waals surface area contributed by atoms with E-state index in [1.165, 1.54) is 72.0 Å². The van der Waals surface area contributed by atoms with Gasteiger partial charge >= 0.3 is 0 Å². The van der Waals surface area contributed by atoms with Gasteiger partial charge in [-0.2, -0.15) is 0 Å². The lowest BCUT2D eigenvalue weighted by molar-refractivity contribution is 0.661. The quantitative estimate of drug-likeness (QED) is 0.175. The van der Waals surface area contributed by atoms with Gasteiger partial charge in [-0.3, -0.25) is 4.40 Å². The Balaban J connectivity index is 0.948. The molecular weight excluding hydrogens is 667 g/mol. The number of fused-ring (bicyclic) bond motifs is 7. The van der Waals surface area contributed by atoms with E-state index in [2.05, 4.69) is 205 Å². The molecule has 0 saturated carbocycles. The smallest absolute Gasteiger partial charge is 0.137 e. The van der Waals surface area contributed by atoms with E-state index in [0.717, 1.165) is 28.2 Å². The van der Waals surface area contributed by atoms with Crippen LogP contribution in [0.1, 0.15) is 25.0 Å². The zero-order chi connectivity index (χ0) is 36.7. The fourth-order valence-electron chi connectivity index (χ4n) is 8.99. The Kier molecular flexibility index (Phi) is 6.90. The van der Waals surface area contributed by atoms with Gasteiger partial charge in [0.2, 0.25) is 0 Å². The number of imidazole rings is 1. The minimum absolute atomic E-state index is 0.148. The van der Waals surface area contributed by atoms with Crippen LogP contribution in [0.4, 0.5) is 0 Å². The largest absolute Gasteiger partial charge is 0.309 e. The number of hydrogen-bond acceptors (Lipinski definition) is 1. The van der Waals surface area contributed by atoms with Gasteiger partial charge < -0.3 is 4.57 Å². The first-order chi connectivity index (χ1) is 27.0. The molecule has 0 fully saturated rings. The number of aromatic nitrogens is 3. The van der Waals surface area contributed by atoms with E-state index in [-0.39, 0.29) is 5.41 Å². The summed E-state index contributed by atoms with van der Waals surface area (Å²) in [5.41, 5.74) is 19.1. The van der Waals surface area contributed by atoms with Gasteiger partial charge in [-0.15, -0.1) is 0 Å².